The van der Waals surface area contributed by atoms with Crippen molar-refractivity contribution in [3.63, 3.8) is 0 Å². The number of hydrogen-bond donors (Lipinski definition) is 0. The van der Waals surface area contributed by atoms with Gasteiger partial charge in [-0.15, -0.1) is 0 Å². The van der Waals surface area contributed by atoms with Crippen LogP contribution in [-0.2, 0) is 16.1 Å². The molecule has 124 valence electrons. The van der Waals surface area contributed by atoms with Crippen molar-refractivity contribution in [2.75, 3.05) is 33.9 Å². The van der Waals surface area contributed by atoms with E-state index < -0.39 is 0 Å². The summed E-state index contributed by atoms with van der Waals surface area (Å²) in [5.41, 5.74) is 0.789. The minimum Gasteiger partial charge on any atom is -0.493 e. The first-order valence-electron chi connectivity index (χ1n) is 8.07. The van der Waals surface area contributed by atoms with E-state index in [0.717, 1.165) is 43.1 Å². The lowest BCUT2D eigenvalue weighted by molar-refractivity contribution is -0.136. The topological polar surface area (TPSA) is 51.2 Å². The molecular formula is C17H22N2O4. The Labute approximate surface area is 135 Å². The van der Waals surface area contributed by atoms with E-state index in [1.54, 1.807) is 14.2 Å². The van der Waals surface area contributed by atoms with Gasteiger partial charge >= 0.3 is 0 Å². The summed E-state index contributed by atoms with van der Waals surface area (Å²) in [5.74, 6) is 1.69. The summed E-state index contributed by atoms with van der Waals surface area (Å²) < 4.78 is 16.7. The number of amides is 1. The maximum Gasteiger partial charge on any atom is 0.226 e. The average molecular weight is 318 g/mol. The summed E-state index contributed by atoms with van der Waals surface area (Å²) in [6.45, 7) is 3.13. The molecule has 1 aromatic rings. The highest BCUT2D eigenvalue weighted by Crippen LogP contribution is 2.46. The van der Waals surface area contributed by atoms with Gasteiger partial charge in [-0.2, -0.15) is 0 Å². The van der Waals surface area contributed by atoms with Crippen LogP contribution in [0.5, 0.6) is 11.5 Å². The molecule has 1 amide bonds. The number of carbonyl (C=O) groups is 1. The number of hydrogen-bond acceptors (Lipinski definition) is 5. The highest BCUT2D eigenvalue weighted by molar-refractivity contribution is 5.81. The van der Waals surface area contributed by atoms with Crippen LogP contribution in [0, 0.1) is 0 Å². The van der Waals surface area contributed by atoms with Crippen molar-refractivity contribution in [2.45, 2.75) is 31.2 Å². The zero-order chi connectivity index (χ0) is 16.0. The molecule has 3 fully saturated rings. The van der Waals surface area contributed by atoms with Crippen LogP contribution in [-0.4, -0.2) is 61.4 Å². The first-order valence-corrected chi connectivity index (χ1v) is 8.07. The van der Waals surface area contributed by atoms with Crippen LogP contribution in [0.15, 0.2) is 18.2 Å². The van der Waals surface area contributed by atoms with Gasteiger partial charge in [-0.1, -0.05) is 6.07 Å². The smallest absolute Gasteiger partial charge is 0.226 e. The van der Waals surface area contributed by atoms with Gasteiger partial charge in [0.1, 0.15) is 0 Å². The van der Waals surface area contributed by atoms with Crippen molar-refractivity contribution in [1.82, 2.24) is 9.80 Å². The highest BCUT2D eigenvalue weighted by Gasteiger charge is 2.61. The molecule has 0 radical (unpaired) electrons. The minimum absolute atomic E-state index is 0.158. The van der Waals surface area contributed by atoms with Crippen LogP contribution in [0.1, 0.15) is 18.4 Å². The number of benzene rings is 1. The third-order valence-corrected chi connectivity index (χ3v) is 5.35. The van der Waals surface area contributed by atoms with Gasteiger partial charge in [0.15, 0.2) is 17.2 Å². The maximum absolute atomic E-state index is 12.2. The van der Waals surface area contributed by atoms with E-state index in [2.05, 4.69) is 11.0 Å². The second-order valence-corrected chi connectivity index (χ2v) is 6.37. The van der Waals surface area contributed by atoms with Crippen molar-refractivity contribution in [3.8, 4) is 11.5 Å². The van der Waals surface area contributed by atoms with Crippen molar-refractivity contribution >= 4 is 5.91 Å². The third-order valence-electron chi connectivity index (χ3n) is 5.35. The van der Waals surface area contributed by atoms with Crippen LogP contribution in [0.4, 0.5) is 0 Å². The number of ether oxygens (including phenoxy) is 3. The summed E-state index contributed by atoms with van der Waals surface area (Å²) in [6.07, 6.45) is 1.46. The molecule has 3 heterocycles. The van der Waals surface area contributed by atoms with Crippen molar-refractivity contribution in [3.05, 3.63) is 23.8 Å². The number of methoxy groups -OCH3 is 2. The Balaban J connectivity index is 1.55. The van der Waals surface area contributed by atoms with Gasteiger partial charge in [-0.05, 0) is 17.7 Å². The minimum atomic E-state index is -0.367. The molecule has 4 rings (SSSR count). The van der Waals surface area contributed by atoms with E-state index >= 15 is 0 Å². The molecule has 2 atom stereocenters. The number of nitrogens with zero attached hydrogens (tertiary/aromatic N) is 2. The average Bonchev–Trinajstić information content (AvgIpc) is 3.20. The number of rotatable bonds is 4. The molecule has 6 heteroatoms. The largest absolute Gasteiger partial charge is 0.493 e. The Hall–Kier alpha value is -1.79. The lowest BCUT2D eigenvalue weighted by atomic mass is 10.1. The van der Waals surface area contributed by atoms with E-state index in [-0.39, 0.29) is 17.7 Å². The molecule has 0 aliphatic carbocycles. The SMILES string of the molecule is COc1ccc(CN2CC[C@@]34OCCN3C(=O)C[C@@H]24)cc1OC. The van der Waals surface area contributed by atoms with Gasteiger partial charge in [-0.25, -0.2) is 0 Å². The van der Waals surface area contributed by atoms with Gasteiger partial charge in [0.25, 0.3) is 0 Å². The summed E-state index contributed by atoms with van der Waals surface area (Å²) in [7, 11) is 3.28. The Kier molecular flexibility index (Phi) is 3.46. The molecule has 3 aliphatic rings. The fraction of sp³-hybridized carbons (Fsp3) is 0.588. The Morgan fingerprint density at radius 1 is 1.26 bits per heavy atom. The summed E-state index contributed by atoms with van der Waals surface area (Å²) in [4.78, 5) is 16.5. The molecule has 0 bridgehead atoms. The summed E-state index contributed by atoms with van der Waals surface area (Å²) in [6, 6.07) is 6.15. The monoisotopic (exact) mass is 318 g/mol. The fourth-order valence-corrected chi connectivity index (χ4v) is 4.28. The van der Waals surface area contributed by atoms with Crippen molar-refractivity contribution in [1.29, 1.82) is 0 Å². The van der Waals surface area contributed by atoms with Crippen molar-refractivity contribution < 1.29 is 19.0 Å². The summed E-state index contributed by atoms with van der Waals surface area (Å²) >= 11 is 0. The van der Waals surface area contributed by atoms with E-state index in [1.807, 2.05) is 17.0 Å². The molecule has 23 heavy (non-hydrogen) atoms. The maximum atomic E-state index is 12.2. The molecule has 6 nitrogen and oxygen atoms in total. The Morgan fingerprint density at radius 3 is 2.87 bits per heavy atom. The van der Waals surface area contributed by atoms with E-state index in [4.69, 9.17) is 14.2 Å². The molecule has 0 aromatic heterocycles. The predicted molar refractivity (Wildman–Crippen MR) is 83.4 cm³/mol. The Bertz CT molecular complexity index is 635. The normalized spacial score (nSPS) is 29.7. The fourth-order valence-electron chi connectivity index (χ4n) is 4.28. The van der Waals surface area contributed by atoms with Crippen LogP contribution < -0.4 is 9.47 Å². The van der Waals surface area contributed by atoms with Gasteiger partial charge in [0.05, 0.1) is 26.9 Å². The zero-order valence-corrected chi connectivity index (χ0v) is 13.6. The zero-order valence-electron chi connectivity index (χ0n) is 13.6. The van der Waals surface area contributed by atoms with Crippen LogP contribution in [0.2, 0.25) is 0 Å². The lowest BCUT2D eigenvalue weighted by Crippen LogP contribution is -2.47. The molecule has 0 N–H and O–H groups in total. The van der Waals surface area contributed by atoms with Gasteiger partial charge in [0.2, 0.25) is 5.91 Å². The molecule has 3 saturated heterocycles. The van der Waals surface area contributed by atoms with Crippen molar-refractivity contribution in [2.24, 2.45) is 0 Å². The molecule has 1 spiro atoms. The quantitative estimate of drug-likeness (QED) is 0.836. The molecule has 0 saturated carbocycles. The van der Waals surface area contributed by atoms with Crippen LogP contribution in [0.25, 0.3) is 0 Å². The van der Waals surface area contributed by atoms with Crippen LogP contribution >= 0.6 is 0 Å². The number of likely N-dealkylation sites (tertiary alicyclic amines) is 1. The van der Waals surface area contributed by atoms with E-state index in [1.165, 1.54) is 0 Å². The molecule has 1 aromatic carbocycles. The molecule has 3 aliphatic heterocycles. The molecular weight excluding hydrogens is 296 g/mol. The van der Waals surface area contributed by atoms with Gasteiger partial charge in [0, 0.05) is 32.5 Å². The lowest BCUT2D eigenvalue weighted by Gasteiger charge is -2.31. The first kappa shape index (κ1) is 14.8. The van der Waals surface area contributed by atoms with E-state index in [9.17, 15) is 4.79 Å². The van der Waals surface area contributed by atoms with Crippen LogP contribution in [0.3, 0.4) is 0 Å². The van der Waals surface area contributed by atoms with Gasteiger partial charge < -0.3 is 19.1 Å². The standard InChI is InChI=1S/C17H22N2O4/c1-21-13-4-3-12(9-14(13)22-2)11-18-6-5-17-15(18)10-16(20)19(17)7-8-23-17/h3-4,9,15H,5-8,10-11H2,1-2H3/t15-,17+/m1/s1. The van der Waals surface area contributed by atoms with E-state index in [0.29, 0.717) is 13.0 Å². The Morgan fingerprint density at radius 2 is 2.09 bits per heavy atom. The first-order chi connectivity index (χ1) is 11.2. The predicted octanol–water partition coefficient (Wildman–Crippen LogP) is 1.24. The summed E-state index contributed by atoms with van der Waals surface area (Å²) in [5, 5.41) is 0. The van der Waals surface area contributed by atoms with Gasteiger partial charge in [-0.3, -0.25) is 9.69 Å². The second-order valence-electron chi connectivity index (χ2n) is 6.37. The number of carbonyl (C=O) groups excluding carboxylic acids is 1. The third kappa shape index (κ3) is 2.12. The molecule has 0 unspecified atom stereocenters. The highest BCUT2D eigenvalue weighted by atomic mass is 16.5. The second kappa shape index (κ2) is 5.39.